The highest BCUT2D eigenvalue weighted by atomic mass is 16.5. The number of carbonyl (C=O) groups excluding carboxylic acids is 6. The van der Waals surface area contributed by atoms with E-state index in [1.54, 1.807) is 38.1 Å². The summed E-state index contributed by atoms with van der Waals surface area (Å²) in [6.45, 7) is 26.1. The quantitative estimate of drug-likeness (QED) is 0.0655. The number of hydrogen-bond acceptors (Lipinski definition) is 10. The van der Waals surface area contributed by atoms with E-state index in [9.17, 15) is 28.8 Å². The number of allylic oxidation sites excluding steroid dienone is 1. The van der Waals surface area contributed by atoms with Crippen molar-refractivity contribution in [2.24, 2.45) is 23.5 Å². The van der Waals surface area contributed by atoms with E-state index < -0.39 is 6.10 Å². The molecule has 14 heteroatoms. The van der Waals surface area contributed by atoms with Gasteiger partial charge in [0.05, 0.1) is 37.3 Å². The minimum atomic E-state index is -0.480. The van der Waals surface area contributed by atoms with E-state index in [4.69, 9.17) is 15.2 Å². The Kier molecular flexibility index (Phi) is 41.5. The summed E-state index contributed by atoms with van der Waals surface area (Å²) >= 11 is 0. The largest absolute Gasteiger partial charge is 0.402 e. The van der Waals surface area contributed by atoms with Gasteiger partial charge in [-0.25, -0.2) is 0 Å². The zero-order chi connectivity index (χ0) is 47.4. The third kappa shape index (κ3) is 27.3. The van der Waals surface area contributed by atoms with Gasteiger partial charge in [0.15, 0.2) is 0 Å². The third-order valence-corrected chi connectivity index (χ3v) is 10.6. The predicted molar refractivity (Wildman–Crippen MR) is 246 cm³/mol. The van der Waals surface area contributed by atoms with E-state index in [0.717, 1.165) is 50.7 Å². The van der Waals surface area contributed by atoms with Crippen LogP contribution in [0.1, 0.15) is 127 Å². The summed E-state index contributed by atoms with van der Waals surface area (Å²) in [5.74, 6) is 0.350. The molecule has 1 aliphatic rings. The number of carbonyl (C=O) groups is 6. The minimum absolute atomic E-state index is 0.0311. The standard InChI is InChI=1S/C23H42N4O5.C11H17NO3.C7H17N.C3H8.C2H6/c1-8-15(2)22(26(5)21(30)13-25-14-28)19(31-6)12-20(29)27-11-9-10-18(27)23(32-7)16(3)17(4)24;1-12(11(15)7-6-10-14)8-4-2-3-5-9-13;1-6(2)7(3)8(4)5;1-3-2;1-2/h14-16,18-19,22-23H,4,8-13,24H2,1-3,5-7H3,(H,25,28);6-7,9-10H,2-5,8H2,1H3;6-7H,1-5H3;3H2,1-2H3;1-2H3/b;7-6-;;;. The van der Waals surface area contributed by atoms with Gasteiger partial charge in [0, 0.05) is 71.6 Å². The van der Waals surface area contributed by atoms with E-state index in [1.807, 2.05) is 39.5 Å². The fraction of sp³-hybridized carbons (Fsp3) is 0.783. The Hall–Kier alpha value is -3.62. The van der Waals surface area contributed by atoms with Gasteiger partial charge in [-0.15, -0.1) is 0 Å². The molecule has 1 aliphatic heterocycles. The molecule has 1 saturated heterocycles. The maximum atomic E-state index is 13.4. The summed E-state index contributed by atoms with van der Waals surface area (Å²) in [6.07, 6.45) is 10.9. The summed E-state index contributed by atoms with van der Waals surface area (Å²) in [4.78, 5) is 75.0. The molecule has 0 aromatic heterocycles. The zero-order valence-electron chi connectivity index (χ0n) is 40.8. The van der Waals surface area contributed by atoms with Crippen molar-refractivity contribution in [1.29, 1.82) is 0 Å². The van der Waals surface area contributed by atoms with Gasteiger partial charge in [-0.3, -0.25) is 24.0 Å². The molecule has 0 aliphatic carbocycles. The first-order chi connectivity index (χ1) is 28.3. The molecule has 0 aromatic carbocycles. The van der Waals surface area contributed by atoms with Crippen molar-refractivity contribution in [3.05, 3.63) is 24.4 Å². The van der Waals surface area contributed by atoms with Crippen LogP contribution in [0.5, 0.6) is 0 Å². The highest BCUT2D eigenvalue weighted by molar-refractivity contribution is 5.90. The number of nitrogens with zero attached hydrogens (tertiary/aromatic N) is 4. The average Bonchev–Trinajstić information content (AvgIpc) is 3.72. The topological polar surface area (TPSA) is 172 Å². The van der Waals surface area contributed by atoms with Crippen LogP contribution in [-0.2, 0) is 38.2 Å². The first-order valence-corrected chi connectivity index (χ1v) is 22.0. The number of rotatable bonds is 24. The van der Waals surface area contributed by atoms with Crippen molar-refractivity contribution in [1.82, 2.24) is 24.9 Å². The van der Waals surface area contributed by atoms with E-state index in [1.165, 1.54) is 18.6 Å². The third-order valence-electron chi connectivity index (χ3n) is 10.6. The highest BCUT2D eigenvalue weighted by Gasteiger charge is 2.40. The Labute approximate surface area is 366 Å². The van der Waals surface area contributed by atoms with Crippen LogP contribution in [0.15, 0.2) is 24.4 Å². The first-order valence-electron chi connectivity index (χ1n) is 22.0. The fourth-order valence-corrected chi connectivity index (χ4v) is 6.35. The van der Waals surface area contributed by atoms with Crippen LogP contribution in [0.3, 0.4) is 0 Å². The second kappa shape index (κ2) is 39.5. The Bertz CT molecular complexity index is 1180. The van der Waals surface area contributed by atoms with E-state index >= 15 is 0 Å². The lowest BCUT2D eigenvalue weighted by Crippen LogP contribution is -2.53. The number of nitrogens with two attached hydrogens (primary N) is 1. The summed E-state index contributed by atoms with van der Waals surface area (Å²) in [5, 5.41) is 2.41. The molecule has 1 fully saturated rings. The molecule has 0 radical (unpaired) electrons. The number of likely N-dealkylation sites (tertiary alicyclic amines) is 1. The number of hydrogen-bond donors (Lipinski definition) is 2. The smallest absolute Gasteiger partial charge is 0.246 e. The number of methoxy groups -OCH3 is 2. The van der Waals surface area contributed by atoms with E-state index in [0.29, 0.717) is 43.9 Å². The Morgan fingerprint density at radius 1 is 0.933 bits per heavy atom. The molecule has 14 nitrogen and oxygen atoms in total. The molecular weight excluding hydrogens is 765 g/mol. The first kappa shape index (κ1) is 63.0. The maximum absolute atomic E-state index is 13.4. The number of likely N-dealkylation sites (N-methyl/N-ethyl adjacent to an activating group) is 2. The van der Waals surface area contributed by atoms with Crippen molar-refractivity contribution in [2.45, 2.75) is 157 Å². The van der Waals surface area contributed by atoms with Gasteiger partial charge in [0.2, 0.25) is 24.1 Å². The van der Waals surface area contributed by atoms with Crippen LogP contribution >= 0.6 is 0 Å². The zero-order valence-corrected chi connectivity index (χ0v) is 40.8. The van der Waals surface area contributed by atoms with Gasteiger partial charge in [-0.1, -0.05) is 88.2 Å². The number of amides is 4. The highest BCUT2D eigenvalue weighted by Crippen LogP contribution is 2.30. The average molecular weight is 855 g/mol. The van der Waals surface area contributed by atoms with E-state index in [-0.39, 0.29) is 60.7 Å². The summed E-state index contributed by atoms with van der Waals surface area (Å²) in [6, 6.07) is 0.311. The molecule has 0 spiro atoms. The molecule has 7 unspecified atom stereocenters. The minimum Gasteiger partial charge on any atom is -0.402 e. The molecule has 4 amide bonds. The Balaban J connectivity index is -0.000000459. The van der Waals surface area contributed by atoms with Crippen LogP contribution in [0.2, 0.25) is 0 Å². The SMILES string of the molecule is C=C(N)C(C)C(OC)C1CCCN1C(=O)CC(OC)C(C(C)CC)N(C)C(=O)CNC=O.CC.CC(C)C(C)N(C)C.CCC.CN(CCCCCC=O)C(=O)/C=C\C=O. The Morgan fingerprint density at radius 2 is 1.52 bits per heavy atom. The molecule has 3 N–H and O–H groups in total. The van der Waals surface area contributed by atoms with Crippen LogP contribution in [0.25, 0.3) is 0 Å². The summed E-state index contributed by atoms with van der Waals surface area (Å²) in [7, 11) is 10.8. The van der Waals surface area contributed by atoms with Crippen molar-refractivity contribution in [2.75, 3.05) is 62.0 Å². The monoisotopic (exact) mass is 855 g/mol. The second-order valence-electron chi connectivity index (χ2n) is 15.6. The van der Waals surface area contributed by atoms with Crippen molar-refractivity contribution in [3.8, 4) is 0 Å². The lowest BCUT2D eigenvalue weighted by Gasteiger charge is -2.39. The van der Waals surface area contributed by atoms with Crippen molar-refractivity contribution >= 4 is 36.7 Å². The molecule has 352 valence electrons. The van der Waals surface area contributed by atoms with Gasteiger partial charge in [0.1, 0.15) is 12.6 Å². The van der Waals surface area contributed by atoms with Gasteiger partial charge in [-0.2, -0.15) is 0 Å². The van der Waals surface area contributed by atoms with Crippen molar-refractivity contribution in [3.63, 3.8) is 0 Å². The number of ether oxygens (including phenoxy) is 2. The Morgan fingerprint density at radius 3 is 1.93 bits per heavy atom. The van der Waals surface area contributed by atoms with Crippen LogP contribution in [0.4, 0.5) is 0 Å². The molecule has 1 heterocycles. The van der Waals surface area contributed by atoms with Gasteiger partial charge in [-0.05, 0) is 64.6 Å². The van der Waals surface area contributed by atoms with Crippen LogP contribution in [0, 0.1) is 17.8 Å². The molecule has 60 heavy (non-hydrogen) atoms. The number of aldehydes is 2. The molecule has 7 atom stereocenters. The summed E-state index contributed by atoms with van der Waals surface area (Å²) < 4.78 is 11.5. The van der Waals surface area contributed by atoms with Crippen molar-refractivity contribution < 1.29 is 38.2 Å². The lowest BCUT2D eigenvalue weighted by atomic mass is 9.90. The fourth-order valence-electron chi connectivity index (χ4n) is 6.35. The number of nitrogens with one attached hydrogen (secondary N) is 1. The molecule has 0 saturated carbocycles. The number of unbranched alkanes of at least 4 members (excludes halogenated alkanes) is 3. The molecule has 0 aromatic rings. The van der Waals surface area contributed by atoms with Gasteiger partial charge >= 0.3 is 0 Å². The molecule has 0 bridgehead atoms. The van der Waals surface area contributed by atoms with E-state index in [2.05, 4.69) is 65.5 Å². The second-order valence-corrected chi connectivity index (χ2v) is 15.6. The van der Waals surface area contributed by atoms with Gasteiger partial charge in [0.25, 0.3) is 0 Å². The summed E-state index contributed by atoms with van der Waals surface area (Å²) in [5.41, 5.74) is 6.46. The normalized spacial score (nSPS) is 16.0. The molecule has 1 rings (SSSR count). The van der Waals surface area contributed by atoms with Crippen LogP contribution < -0.4 is 11.1 Å². The lowest BCUT2D eigenvalue weighted by molar-refractivity contribution is -0.144. The van der Waals surface area contributed by atoms with Gasteiger partial charge < -0.3 is 44.9 Å². The van der Waals surface area contributed by atoms with Crippen LogP contribution in [-0.4, -0.2) is 149 Å². The molecular formula is C46H90N6O8. The predicted octanol–water partition coefficient (Wildman–Crippen LogP) is 6.12. The maximum Gasteiger partial charge on any atom is 0.246 e.